The summed E-state index contributed by atoms with van der Waals surface area (Å²) in [6.07, 6.45) is 22.7. The number of carbonyl (C=O) groups is 9. The highest BCUT2D eigenvalue weighted by molar-refractivity contribution is 6.17. The zero-order valence-electron chi connectivity index (χ0n) is 63.9. The minimum atomic E-state index is -0.956. The maximum Gasteiger partial charge on any atom is 0.314 e. The summed E-state index contributed by atoms with van der Waals surface area (Å²) in [5, 5.41) is 15.8. The largest absolute Gasteiger partial charge is 0.481 e. The minimum absolute atomic E-state index is 0. The molecule has 0 aromatic heterocycles. The van der Waals surface area contributed by atoms with Gasteiger partial charge in [0.15, 0.2) is 0 Å². The Morgan fingerprint density at radius 3 is 1.00 bits per heavy atom. The zero-order chi connectivity index (χ0) is 77.9. The molecule has 3 aliphatic heterocycles. The van der Waals surface area contributed by atoms with Crippen LogP contribution in [0.1, 0.15) is 180 Å². The average molecular weight is 1510 g/mol. The number of hydrogen-bond donors (Lipinski definition) is 5. The molecule has 0 spiro atoms. The number of ether oxygens (including phenoxy) is 2. The fourth-order valence-corrected chi connectivity index (χ4v) is 16.8. The van der Waals surface area contributed by atoms with Gasteiger partial charge >= 0.3 is 17.9 Å². The lowest BCUT2D eigenvalue weighted by Gasteiger charge is -2.37. The normalized spacial score (nSPS) is 20.7. The van der Waals surface area contributed by atoms with Crippen LogP contribution in [0.5, 0.6) is 0 Å². The first kappa shape index (κ1) is 81.0. The number of benzene rings is 6. The minimum Gasteiger partial charge on any atom is -0.481 e. The second-order valence-electron chi connectivity index (χ2n) is 32.9. The van der Waals surface area contributed by atoms with Crippen LogP contribution in [-0.4, -0.2) is 90.8 Å². The van der Waals surface area contributed by atoms with Gasteiger partial charge in [-0.1, -0.05) is 210 Å². The number of carboxylic acid groups (broad SMARTS) is 1. The molecule has 110 heavy (non-hydrogen) atoms. The molecule has 6 aliphatic carbocycles. The molecule has 20 heteroatoms. The Morgan fingerprint density at radius 2 is 0.700 bits per heavy atom. The fourth-order valence-electron chi connectivity index (χ4n) is 16.6. The standard InChI is InChI=1S/C31H36N2O4.C27H29N3O3.C16H24O4.C15H13ClN2O.CH4/c1-30(2,3)37-29(36)31(17-9-10-18-31)24(19-20-15-16-20)27(34)32-26-23-13-6-5-11-21(23)22-12-7-8-14-25(22)33(4)28(26)35;1-30-22-11-5-4-9-19(22)18-8-2-3-10-20(18)23(25(30)32)29-24(31)21(16-17-12-13-17)27(26(28)33)14-6-7-15-27;1-15(2,3)20-14(19)16(8-4-5-9-16)12(13(17)18)10-11-6-7-11;1-18-13-9-5-4-7-11(13)10-6-2-3-8-12(10)14(17-16)15(18)19;/h5-14,20,24,26H,15-19H2,1-4H3,(H,32,34);2-11,17,21,23H,12-16H2,1H3,(H2,28,33)(H,29,31);4-5,11-12H,6-10H2,1-3H3,(H,17,18);2-9,14,17H,1H3;1H4/t24-,26?;21-,23?;12-;;/m000../s1. The number of primary amides is 1. The molecule has 6 atom stereocenters. The molecule has 15 rings (SSSR count). The molecule has 3 fully saturated rings. The predicted octanol–water partition coefficient (Wildman–Crippen LogP) is 16.2. The van der Waals surface area contributed by atoms with Gasteiger partial charge in [-0.05, 0) is 180 Å². The van der Waals surface area contributed by atoms with Crippen molar-refractivity contribution in [2.45, 2.75) is 175 Å². The van der Waals surface area contributed by atoms with Crippen LogP contribution < -0.4 is 35.9 Å². The first-order valence-corrected chi connectivity index (χ1v) is 38.7. The first-order chi connectivity index (χ1) is 52.0. The van der Waals surface area contributed by atoms with Crippen molar-refractivity contribution in [3.05, 3.63) is 199 Å². The van der Waals surface area contributed by atoms with Crippen LogP contribution in [-0.2, 0) is 52.6 Å². The Labute approximate surface area is 651 Å². The lowest BCUT2D eigenvalue weighted by Crippen LogP contribution is -2.51. The maximum atomic E-state index is 14.2. The van der Waals surface area contributed by atoms with E-state index in [1.165, 1.54) is 0 Å². The van der Waals surface area contributed by atoms with Crippen LogP contribution in [0, 0.1) is 51.8 Å². The summed E-state index contributed by atoms with van der Waals surface area (Å²) in [5.74, 6) is -3.46. The van der Waals surface area contributed by atoms with Crippen molar-refractivity contribution in [3.8, 4) is 33.4 Å². The Kier molecular flexibility index (Phi) is 24.5. The van der Waals surface area contributed by atoms with Crippen molar-refractivity contribution in [3.63, 3.8) is 0 Å². The molecule has 6 N–H and O–H groups in total. The van der Waals surface area contributed by atoms with Crippen molar-refractivity contribution >= 4 is 82.2 Å². The van der Waals surface area contributed by atoms with E-state index in [0.717, 1.165) is 106 Å². The number of allylic oxidation sites excluding steroid dienone is 6. The molecule has 6 amide bonds. The van der Waals surface area contributed by atoms with Crippen LogP contribution in [0.3, 0.4) is 0 Å². The molecule has 6 aromatic carbocycles. The van der Waals surface area contributed by atoms with Crippen molar-refractivity contribution < 1.29 is 57.7 Å². The molecule has 580 valence electrons. The predicted molar refractivity (Wildman–Crippen MR) is 430 cm³/mol. The topological polar surface area (TPSA) is 264 Å². The molecule has 6 aromatic rings. The van der Waals surface area contributed by atoms with Gasteiger partial charge in [0.2, 0.25) is 23.6 Å². The summed E-state index contributed by atoms with van der Waals surface area (Å²) in [6, 6.07) is 44.5. The number of anilines is 3. The summed E-state index contributed by atoms with van der Waals surface area (Å²) >= 11 is 5.79. The van der Waals surface area contributed by atoms with E-state index in [0.29, 0.717) is 75.5 Å². The number of hydrogen-bond acceptors (Lipinski definition) is 12. The number of esters is 2. The lowest BCUT2D eigenvalue weighted by atomic mass is 9.69. The van der Waals surface area contributed by atoms with Crippen LogP contribution in [0.25, 0.3) is 33.4 Å². The van der Waals surface area contributed by atoms with Crippen LogP contribution in [0.2, 0.25) is 0 Å². The molecule has 9 aliphatic rings. The van der Waals surface area contributed by atoms with Crippen molar-refractivity contribution in [1.82, 2.24) is 15.5 Å². The summed E-state index contributed by atoms with van der Waals surface area (Å²) in [5.41, 5.74) is 12.6. The molecular formula is C90H106ClN7O12. The summed E-state index contributed by atoms with van der Waals surface area (Å²) in [7, 11) is 5.25. The van der Waals surface area contributed by atoms with E-state index in [1.54, 1.807) is 35.8 Å². The smallest absolute Gasteiger partial charge is 0.314 e. The average Bonchev–Trinajstić information content (AvgIpc) is 1.58. The van der Waals surface area contributed by atoms with Gasteiger partial charge in [0.1, 0.15) is 29.3 Å². The highest BCUT2D eigenvalue weighted by Gasteiger charge is 2.56. The number of fused-ring (bicyclic) bond motifs is 9. The summed E-state index contributed by atoms with van der Waals surface area (Å²) in [4.78, 5) is 126. The number of nitrogens with one attached hydrogen (secondary N) is 3. The third-order valence-corrected chi connectivity index (χ3v) is 23.3. The number of carboxylic acids is 1. The maximum absolute atomic E-state index is 14.2. The number of likely N-dealkylation sites (N-methyl/N-ethyl adjacent to an activating group) is 3. The number of nitrogens with zero attached hydrogens (tertiary/aromatic N) is 3. The van der Waals surface area contributed by atoms with E-state index in [4.69, 9.17) is 27.0 Å². The van der Waals surface area contributed by atoms with Gasteiger partial charge in [-0.3, -0.25) is 43.2 Å². The second-order valence-corrected chi connectivity index (χ2v) is 33.2. The monoisotopic (exact) mass is 1510 g/mol. The van der Waals surface area contributed by atoms with Crippen molar-refractivity contribution in [1.29, 1.82) is 0 Å². The highest BCUT2D eigenvalue weighted by Crippen LogP contribution is 2.53. The molecule has 0 radical (unpaired) electrons. The van der Waals surface area contributed by atoms with Gasteiger partial charge in [0, 0.05) is 37.8 Å². The van der Waals surface area contributed by atoms with E-state index < -0.39 is 75.2 Å². The molecule has 3 heterocycles. The zero-order valence-corrected chi connectivity index (χ0v) is 64.6. The van der Waals surface area contributed by atoms with E-state index in [9.17, 15) is 48.3 Å². The number of halogens is 1. The number of nitrogens with two attached hydrogens (primary N) is 1. The molecule has 3 saturated carbocycles. The number of rotatable bonds is 18. The Bertz CT molecular complexity index is 4550. The molecule has 3 unspecified atom stereocenters. The van der Waals surface area contributed by atoms with Gasteiger partial charge < -0.3 is 45.6 Å². The van der Waals surface area contributed by atoms with Crippen LogP contribution >= 0.6 is 11.8 Å². The third kappa shape index (κ3) is 17.1. The Balaban J connectivity index is 0.000000151. The van der Waals surface area contributed by atoms with Gasteiger partial charge in [0.05, 0.1) is 51.1 Å². The number of amides is 6. The lowest BCUT2D eigenvalue weighted by molar-refractivity contribution is -0.176. The van der Waals surface area contributed by atoms with E-state index in [2.05, 4.69) is 15.5 Å². The number of para-hydroxylation sites is 3. The SMILES string of the molecule is C.CC(C)(C)OC(=O)C1([C@@H](CC2CC2)C(=O)O)CC=CC1.CN1C(=O)C(NC(=O)[C@H](CC2CC2)C2(C(=O)OC(C)(C)C)CC=CC2)c2ccccc2-c2ccccc21.CN1C(=O)C(NC(=O)[C@H](CC2CC2)C2(C(N)=O)CC=CC2)c2ccccc2-c2ccccc21.CN1C(=O)C(NCl)c2ccccc2-c2ccccc21. The molecule has 0 bridgehead atoms. The highest BCUT2D eigenvalue weighted by atomic mass is 35.5. The number of aliphatic carboxylic acids is 1. The summed E-state index contributed by atoms with van der Waals surface area (Å²) < 4.78 is 11.4. The third-order valence-electron chi connectivity index (χ3n) is 23.1. The van der Waals surface area contributed by atoms with Gasteiger partial charge in [0.25, 0.3) is 11.8 Å². The molecular weight excluding hydrogens is 1410 g/mol. The quantitative estimate of drug-likeness (QED) is 0.0305. The van der Waals surface area contributed by atoms with E-state index >= 15 is 0 Å². The van der Waals surface area contributed by atoms with Gasteiger partial charge in [-0.15, -0.1) is 0 Å². The van der Waals surface area contributed by atoms with Crippen LogP contribution in [0.15, 0.2) is 182 Å². The number of carbonyl (C=O) groups excluding carboxylic acids is 8. The fraction of sp³-hybridized carbons (Fsp3) is 0.433. The second kappa shape index (κ2) is 33.3. The Hall–Kier alpha value is -9.98. The van der Waals surface area contributed by atoms with E-state index in [1.807, 2.05) is 224 Å². The van der Waals surface area contributed by atoms with Gasteiger partial charge in [-0.25, -0.2) is 4.84 Å². The van der Waals surface area contributed by atoms with Gasteiger partial charge in [-0.2, -0.15) is 0 Å². The Morgan fingerprint density at radius 1 is 0.436 bits per heavy atom. The van der Waals surface area contributed by atoms with Crippen molar-refractivity contribution in [2.24, 2.45) is 57.5 Å². The van der Waals surface area contributed by atoms with Crippen molar-refractivity contribution in [2.75, 3.05) is 35.8 Å². The molecule has 19 nitrogen and oxygen atoms in total. The van der Waals surface area contributed by atoms with Crippen LogP contribution in [0.4, 0.5) is 17.1 Å². The van der Waals surface area contributed by atoms with E-state index in [-0.39, 0.29) is 48.9 Å². The molecule has 0 saturated heterocycles. The summed E-state index contributed by atoms with van der Waals surface area (Å²) in [6.45, 7) is 11.0. The first-order valence-electron chi connectivity index (χ1n) is 38.3.